The number of anilines is 1. The molecule has 2 atom stereocenters. The summed E-state index contributed by atoms with van der Waals surface area (Å²) >= 11 is 0. The van der Waals surface area contributed by atoms with Crippen LogP contribution in [0.3, 0.4) is 0 Å². The molecule has 0 aromatic carbocycles. The van der Waals surface area contributed by atoms with Crippen LogP contribution in [0.5, 0.6) is 5.75 Å². The molecule has 1 saturated carbocycles. The van der Waals surface area contributed by atoms with Gasteiger partial charge in [-0.15, -0.1) is 0 Å². The van der Waals surface area contributed by atoms with Crippen molar-refractivity contribution in [2.24, 2.45) is 5.73 Å². The Hall–Kier alpha value is -1.33. The summed E-state index contributed by atoms with van der Waals surface area (Å²) in [7, 11) is 1.57. The highest BCUT2D eigenvalue weighted by atomic mass is 16.5. The highest BCUT2D eigenvalue weighted by molar-refractivity contribution is 5.51. The van der Waals surface area contributed by atoms with Crippen molar-refractivity contribution >= 4 is 5.69 Å². The number of hydrogen-bond acceptors (Lipinski definition) is 5. The van der Waals surface area contributed by atoms with Gasteiger partial charge in [0.1, 0.15) is 0 Å². The zero-order chi connectivity index (χ0) is 11.5. The van der Waals surface area contributed by atoms with E-state index in [1.54, 1.807) is 19.4 Å². The van der Waals surface area contributed by atoms with E-state index >= 15 is 0 Å². The molecule has 0 spiro atoms. The maximum Gasteiger partial charge on any atom is 0.160 e. The van der Waals surface area contributed by atoms with Crippen LogP contribution in [0, 0.1) is 0 Å². The monoisotopic (exact) mass is 223 g/mol. The lowest BCUT2D eigenvalue weighted by Gasteiger charge is -2.33. The molecule has 2 rings (SSSR count). The molecule has 88 valence electrons. The maximum atomic E-state index is 5.77. The Bertz CT molecular complexity index is 370. The number of ether oxygens (including phenoxy) is 2. The first-order chi connectivity index (χ1) is 7.70. The maximum absolute atomic E-state index is 5.77. The van der Waals surface area contributed by atoms with Crippen LogP contribution >= 0.6 is 0 Å². The average molecular weight is 223 g/mol. The second-order valence-corrected chi connectivity index (χ2v) is 4.01. The molecule has 1 aliphatic rings. The van der Waals surface area contributed by atoms with Crippen molar-refractivity contribution in [2.45, 2.75) is 31.6 Å². The fourth-order valence-electron chi connectivity index (χ4n) is 1.65. The minimum atomic E-state index is 0.171. The number of pyridine rings is 1. The lowest BCUT2D eigenvalue weighted by Crippen LogP contribution is -2.45. The van der Waals surface area contributed by atoms with E-state index in [0.717, 1.165) is 18.5 Å². The Morgan fingerprint density at radius 2 is 2.31 bits per heavy atom. The Morgan fingerprint density at radius 3 is 2.81 bits per heavy atom. The Morgan fingerprint density at radius 1 is 1.50 bits per heavy atom. The quantitative estimate of drug-likeness (QED) is 0.784. The van der Waals surface area contributed by atoms with Gasteiger partial charge in [0, 0.05) is 6.04 Å². The number of nitrogens with two attached hydrogens (primary N) is 2. The first-order valence-corrected chi connectivity index (χ1v) is 5.36. The zero-order valence-corrected chi connectivity index (χ0v) is 9.35. The molecule has 5 heteroatoms. The summed E-state index contributed by atoms with van der Waals surface area (Å²) in [6, 6.07) is 1.94. The van der Waals surface area contributed by atoms with E-state index in [1.807, 2.05) is 0 Å². The number of rotatable bonds is 4. The van der Waals surface area contributed by atoms with E-state index < -0.39 is 0 Å². The van der Waals surface area contributed by atoms with Gasteiger partial charge in [0.05, 0.1) is 37.4 Å². The molecule has 0 aliphatic heterocycles. The first-order valence-electron chi connectivity index (χ1n) is 5.36. The smallest absolute Gasteiger partial charge is 0.160 e. The lowest BCUT2D eigenvalue weighted by molar-refractivity contribution is -0.0258. The van der Waals surface area contributed by atoms with Crippen LogP contribution in [0.2, 0.25) is 0 Å². The van der Waals surface area contributed by atoms with Crippen LogP contribution < -0.4 is 16.2 Å². The molecule has 0 bridgehead atoms. The molecule has 4 N–H and O–H groups in total. The molecule has 0 radical (unpaired) electrons. The fourth-order valence-corrected chi connectivity index (χ4v) is 1.65. The molecule has 1 aromatic heterocycles. The third kappa shape index (κ3) is 2.25. The van der Waals surface area contributed by atoms with Crippen molar-refractivity contribution in [1.82, 2.24) is 4.98 Å². The van der Waals surface area contributed by atoms with Gasteiger partial charge in [0.2, 0.25) is 0 Å². The van der Waals surface area contributed by atoms with Crippen LogP contribution in [-0.4, -0.2) is 24.2 Å². The molecule has 1 fully saturated rings. The van der Waals surface area contributed by atoms with E-state index in [2.05, 4.69) is 4.98 Å². The lowest BCUT2D eigenvalue weighted by atomic mass is 9.90. The predicted molar refractivity (Wildman–Crippen MR) is 61.0 cm³/mol. The van der Waals surface area contributed by atoms with E-state index in [9.17, 15) is 0 Å². The van der Waals surface area contributed by atoms with Gasteiger partial charge in [-0.25, -0.2) is 0 Å². The highest BCUT2D eigenvalue weighted by Crippen LogP contribution is 2.24. The van der Waals surface area contributed by atoms with E-state index in [4.69, 9.17) is 20.9 Å². The molecule has 16 heavy (non-hydrogen) atoms. The van der Waals surface area contributed by atoms with Gasteiger partial charge in [-0.05, 0) is 18.9 Å². The Labute approximate surface area is 94.7 Å². The standard InChI is InChI=1S/C11H17N3O2/c1-15-11-5-14-7(4-9(11)13)6-16-10-3-2-8(10)12/h4-5,8,10H,2-3,6,12H2,1H3,(H2,13,14). The molecule has 1 heterocycles. The summed E-state index contributed by atoms with van der Waals surface area (Å²) < 4.78 is 10.6. The van der Waals surface area contributed by atoms with Gasteiger partial charge in [0.15, 0.2) is 5.75 Å². The van der Waals surface area contributed by atoms with Crippen LogP contribution in [-0.2, 0) is 11.3 Å². The number of nitrogen functional groups attached to an aromatic ring is 1. The van der Waals surface area contributed by atoms with Crippen LogP contribution in [0.25, 0.3) is 0 Å². The summed E-state index contributed by atoms with van der Waals surface area (Å²) in [5, 5.41) is 0. The largest absolute Gasteiger partial charge is 0.493 e. The second-order valence-electron chi connectivity index (χ2n) is 4.01. The van der Waals surface area contributed by atoms with Gasteiger partial charge in [0.25, 0.3) is 0 Å². The van der Waals surface area contributed by atoms with Gasteiger partial charge >= 0.3 is 0 Å². The number of aromatic nitrogens is 1. The summed E-state index contributed by atoms with van der Waals surface area (Å²) in [6.07, 6.45) is 3.86. The van der Waals surface area contributed by atoms with Gasteiger partial charge in [-0.1, -0.05) is 0 Å². The second kappa shape index (κ2) is 4.67. The van der Waals surface area contributed by atoms with Crippen LogP contribution in [0.1, 0.15) is 18.5 Å². The topological polar surface area (TPSA) is 83.4 Å². The van der Waals surface area contributed by atoms with Crippen molar-refractivity contribution in [3.63, 3.8) is 0 Å². The fraction of sp³-hybridized carbons (Fsp3) is 0.545. The van der Waals surface area contributed by atoms with Gasteiger partial charge in [-0.2, -0.15) is 0 Å². The molecule has 1 aliphatic carbocycles. The predicted octanol–water partition coefficient (Wildman–Crippen LogP) is 0.679. The minimum absolute atomic E-state index is 0.171. The van der Waals surface area contributed by atoms with Gasteiger partial charge in [-0.3, -0.25) is 4.98 Å². The average Bonchev–Trinajstić information content (AvgIpc) is 2.27. The van der Waals surface area contributed by atoms with Crippen LogP contribution in [0.4, 0.5) is 5.69 Å². The summed E-state index contributed by atoms with van der Waals surface area (Å²) in [4.78, 5) is 4.19. The van der Waals surface area contributed by atoms with E-state index in [1.165, 1.54) is 0 Å². The summed E-state index contributed by atoms with van der Waals surface area (Å²) in [6.45, 7) is 0.451. The van der Waals surface area contributed by atoms with E-state index in [-0.39, 0.29) is 12.1 Å². The molecular weight excluding hydrogens is 206 g/mol. The van der Waals surface area contributed by atoms with Crippen LogP contribution in [0.15, 0.2) is 12.3 Å². The highest BCUT2D eigenvalue weighted by Gasteiger charge is 2.28. The van der Waals surface area contributed by atoms with E-state index in [0.29, 0.717) is 18.0 Å². The number of hydrogen-bond donors (Lipinski definition) is 2. The zero-order valence-electron chi connectivity index (χ0n) is 9.35. The van der Waals surface area contributed by atoms with Crippen molar-refractivity contribution in [1.29, 1.82) is 0 Å². The Kier molecular flexibility index (Phi) is 3.26. The van der Waals surface area contributed by atoms with Crippen molar-refractivity contribution in [2.75, 3.05) is 12.8 Å². The minimum Gasteiger partial charge on any atom is -0.493 e. The molecule has 1 aromatic rings. The molecule has 0 amide bonds. The molecule has 0 saturated heterocycles. The molecular formula is C11H17N3O2. The SMILES string of the molecule is COc1cnc(COC2CCC2N)cc1N. The Balaban J connectivity index is 1.92. The number of methoxy groups -OCH3 is 1. The number of nitrogens with zero attached hydrogens (tertiary/aromatic N) is 1. The normalized spacial score (nSPS) is 23.9. The molecule has 2 unspecified atom stereocenters. The summed E-state index contributed by atoms with van der Waals surface area (Å²) in [5.74, 6) is 0.587. The summed E-state index contributed by atoms with van der Waals surface area (Å²) in [5.41, 5.74) is 12.9. The van der Waals surface area contributed by atoms with Gasteiger partial charge < -0.3 is 20.9 Å². The van der Waals surface area contributed by atoms with Crippen molar-refractivity contribution < 1.29 is 9.47 Å². The van der Waals surface area contributed by atoms with Crippen molar-refractivity contribution in [3.05, 3.63) is 18.0 Å². The third-order valence-corrected chi connectivity index (χ3v) is 2.88. The third-order valence-electron chi connectivity index (χ3n) is 2.88. The first kappa shape index (κ1) is 11.2. The van der Waals surface area contributed by atoms with Crippen molar-refractivity contribution in [3.8, 4) is 5.75 Å². The molecule has 5 nitrogen and oxygen atoms in total.